The first-order valence-electron chi connectivity index (χ1n) is 7.06. The average molecular weight is 278 g/mol. The molecule has 1 aromatic carbocycles. The number of rotatable bonds is 7. The Morgan fingerprint density at radius 2 is 2.15 bits per heavy atom. The van der Waals surface area contributed by atoms with Gasteiger partial charge in [-0.3, -0.25) is 4.79 Å². The summed E-state index contributed by atoms with van der Waals surface area (Å²) in [7, 11) is 1.63. The number of hydrogen-bond acceptors (Lipinski definition) is 3. The van der Waals surface area contributed by atoms with Crippen molar-refractivity contribution in [2.24, 2.45) is 0 Å². The van der Waals surface area contributed by atoms with Gasteiger partial charge < -0.3 is 14.6 Å². The van der Waals surface area contributed by atoms with Crippen LogP contribution in [0.15, 0.2) is 18.2 Å². The van der Waals surface area contributed by atoms with Crippen molar-refractivity contribution in [3.63, 3.8) is 0 Å². The molecule has 0 heterocycles. The molecule has 1 N–H and O–H groups in total. The van der Waals surface area contributed by atoms with Crippen molar-refractivity contribution in [1.29, 1.82) is 0 Å². The quantitative estimate of drug-likeness (QED) is 0.833. The summed E-state index contributed by atoms with van der Waals surface area (Å²) in [5.74, 6) is -0.0818. The Kier molecular flexibility index (Phi) is 4.33. The Balaban J connectivity index is 2.34. The van der Waals surface area contributed by atoms with Gasteiger partial charge in [0.25, 0.3) is 0 Å². The third-order valence-electron chi connectivity index (χ3n) is 3.86. The van der Waals surface area contributed by atoms with E-state index in [2.05, 4.69) is 6.92 Å². The molecule has 1 fully saturated rings. The Labute approximate surface area is 119 Å². The minimum absolute atomic E-state index is 0.101. The molecule has 2 rings (SSSR count). The van der Waals surface area contributed by atoms with E-state index in [-0.39, 0.29) is 6.10 Å². The third kappa shape index (κ3) is 2.80. The zero-order chi connectivity index (χ0) is 14.8. The van der Waals surface area contributed by atoms with Crippen LogP contribution in [-0.2, 0) is 21.4 Å². The molecule has 0 spiro atoms. The first kappa shape index (κ1) is 14.9. The molecule has 1 atom stereocenters. The number of carboxylic acids is 1. The highest BCUT2D eigenvalue weighted by Crippen LogP contribution is 2.52. The van der Waals surface area contributed by atoms with Gasteiger partial charge in [-0.25, -0.2) is 0 Å². The van der Waals surface area contributed by atoms with Gasteiger partial charge in [-0.15, -0.1) is 0 Å². The monoisotopic (exact) mass is 278 g/mol. The predicted molar refractivity (Wildman–Crippen MR) is 76.3 cm³/mol. The predicted octanol–water partition coefficient (Wildman–Crippen LogP) is 2.78. The van der Waals surface area contributed by atoms with Crippen molar-refractivity contribution < 1.29 is 19.4 Å². The van der Waals surface area contributed by atoms with Gasteiger partial charge in [0.05, 0.1) is 12.0 Å². The molecule has 0 unspecified atom stereocenters. The van der Waals surface area contributed by atoms with Crippen molar-refractivity contribution in [3.05, 3.63) is 29.3 Å². The molecular formula is C16H22O4. The van der Waals surface area contributed by atoms with E-state index < -0.39 is 11.4 Å². The van der Waals surface area contributed by atoms with E-state index in [0.29, 0.717) is 25.2 Å². The molecule has 0 radical (unpaired) electrons. The number of benzene rings is 1. The highest BCUT2D eigenvalue weighted by molar-refractivity contribution is 5.86. The van der Waals surface area contributed by atoms with Gasteiger partial charge in [0, 0.05) is 12.7 Å². The molecule has 0 aliphatic heterocycles. The van der Waals surface area contributed by atoms with Crippen LogP contribution in [0.4, 0.5) is 0 Å². The standard InChI is InChI=1S/C16H22O4/c1-4-12-5-6-14(20-11(2)10-19-3)13(9-12)16(7-8-16)15(17)18/h5-6,9,11H,4,7-8,10H2,1-3H3,(H,17,18)/t11-/m1/s1. The number of ether oxygens (including phenoxy) is 2. The van der Waals surface area contributed by atoms with E-state index in [9.17, 15) is 9.90 Å². The number of carbonyl (C=O) groups is 1. The zero-order valence-electron chi connectivity index (χ0n) is 12.3. The van der Waals surface area contributed by atoms with Crippen LogP contribution in [0.1, 0.15) is 37.8 Å². The number of methoxy groups -OCH3 is 1. The maximum absolute atomic E-state index is 11.6. The largest absolute Gasteiger partial charge is 0.488 e. The summed E-state index contributed by atoms with van der Waals surface area (Å²) < 4.78 is 10.9. The maximum atomic E-state index is 11.6. The lowest BCUT2D eigenvalue weighted by Gasteiger charge is -2.21. The molecule has 0 amide bonds. The normalized spacial score (nSPS) is 17.6. The van der Waals surface area contributed by atoms with Crippen LogP contribution in [0, 0.1) is 0 Å². The van der Waals surface area contributed by atoms with Crippen LogP contribution in [0.25, 0.3) is 0 Å². The summed E-state index contributed by atoms with van der Waals surface area (Å²) in [5.41, 5.74) is 1.21. The van der Waals surface area contributed by atoms with Gasteiger partial charge in [0.2, 0.25) is 0 Å². The van der Waals surface area contributed by atoms with Gasteiger partial charge in [0.1, 0.15) is 11.9 Å². The molecule has 1 aliphatic carbocycles. The van der Waals surface area contributed by atoms with Gasteiger partial charge in [-0.1, -0.05) is 19.1 Å². The third-order valence-corrected chi connectivity index (χ3v) is 3.86. The first-order chi connectivity index (χ1) is 9.53. The lowest BCUT2D eigenvalue weighted by atomic mass is 9.93. The summed E-state index contributed by atoms with van der Waals surface area (Å²) in [6.07, 6.45) is 2.15. The lowest BCUT2D eigenvalue weighted by Crippen LogP contribution is -2.24. The van der Waals surface area contributed by atoms with E-state index in [1.54, 1.807) is 7.11 Å². The SMILES string of the molecule is CCc1ccc(O[C@H](C)COC)c(C2(C(=O)O)CC2)c1. The minimum Gasteiger partial charge on any atom is -0.488 e. The Bertz CT molecular complexity index is 491. The fraction of sp³-hybridized carbons (Fsp3) is 0.562. The van der Waals surface area contributed by atoms with Crippen LogP contribution in [-0.4, -0.2) is 30.9 Å². The molecule has 1 saturated carbocycles. The highest BCUT2D eigenvalue weighted by Gasteiger charge is 2.53. The summed E-state index contributed by atoms with van der Waals surface area (Å²) in [6, 6.07) is 5.87. The van der Waals surface area contributed by atoms with Crippen LogP contribution >= 0.6 is 0 Å². The summed E-state index contributed by atoms with van der Waals surface area (Å²) in [5, 5.41) is 9.50. The lowest BCUT2D eigenvalue weighted by molar-refractivity contribution is -0.140. The Morgan fingerprint density at radius 3 is 2.65 bits per heavy atom. The summed E-state index contributed by atoms with van der Waals surface area (Å²) in [4.78, 5) is 11.6. The molecule has 20 heavy (non-hydrogen) atoms. The van der Waals surface area contributed by atoms with Crippen molar-refractivity contribution >= 4 is 5.97 Å². The van der Waals surface area contributed by atoms with Crippen molar-refractivity contribution in [3.8, 4) is 5.75 Å². The molecule has 110 valence electrons. The number of carboxylic acid groups (broad SMARTS) is 1. The average Bonchev–Trinajstić information content (AvgIpc) is 3.21. The Morgan fingerprint density at radius 1 is 1.45 bits per heavy atom. The van der Waals surface area contributed by atoms with E-state index in [1.165, 1.54) is 0 Å². The molecule has 1 aliphatic rings. The molecule has 0 aromatic heterocycles. The smallest absolute Gasteiger partial charge is 0.314 e. The van der Waals surface area contributed by atoms with E-state index in [1.807, 2.05) is 25.1 Å². The van der Waals surface area contributed by atoms with Crippen LogP contribution in [0.3, 0.4) is 0 Å². The molecule has 4 heteroatoms. The van der Waals surface area contributed by atoms with Gasteiger partial charge in [-0.2, -0.15) is 0 Å². The second-order valence-electron chi connectivity index (χ2n) is 5.46. The van der Waals surface area contributed by atoms with E-state index in [0.717, 1.165) is 17.5 Å². The fourth-order valence-corrected chi connectivity index (χ4v) is 2.48. The van der Waals surface area contributed by atoms with E-state index in [4.69, 9.17) is 9.47 Å². The van der Waals surface area contributed by atoms with Gasteiger partial charge >= 0.3 is 5.97 Å². The molecule has 1 aromatic rings. The van der Waals surface area contributed by atoms with Crippen molar-refractivity contribution in [1.82, 2.24) is 0 Å². The molecule has 0 bridgehead atoms. The number of aryl methyl sites for hydroxylation is 1. The molecule has 0 saturated heterocycles. The Hall–Kier alpha value is -1.55. The van der Waals surface area contributed by atoms with Crippen molar-refractivity contribution in [2.45, 2.75) is 44.6 Å². The van der Waals surface area contributed by atoms with Crippen LogP contribution in [0.5, 0.6) is 5.75 Å². The second kappa shape index (κ2) is 5.83. The molecular weight excluding hydrogens is 256 g/mol. The van der Waals surface area contributed by atoms with Crippen LogP contribution < -0.4 is 4.74 Å². The zero-order valence-corrected chi connectivity index (χ0v) is 12.3. The highest BCUT2D eigenvalue weighted by atomic mass is 16.5. The fourth-order valence-electron chi connectivity index (χ4n) is 2.48. The molecule has 4 nitrogen and oxygen atoms in total. The van der Waals surface area contributed by atoms with Gasteiger partial charge in [-0.05, 0) is 37.8 Å². The number of hydrogen-bond donors (Lipinski definition) is 1. The minimum atomic E-state index is -0.755. The summed E-state index contributed by atoms with van der Waals surface area (Å²) in [6.45, 7) is 4.46. The van der Waals surface area contributed by atoms with E-state index >= 15 is 0 Å². The second-order valence-corrected chi connectivity index (χ2v) is 5.46. The first-order valence-corrected chi connectivity index (χ1v) is 7.06. The van der Waals surface area contributed by atoms with Crippen molar-refractivity contribution in [2.75, 3.05) is 13.7 Å². The number of aliphatic carboxylic acids is 1. The van der Waals surface area contributed by atoms with Gasteiger partial charge in [0.15, 0.2) is 0 Å². The maximum Gasteiger partial charge on any atom is 0.314 e. The summed E-state index contributed by atoms with van der Waals surface area (Å²) >= 11 is 0. The topological polar surface area (TPSA) is 55.8 Å². The van der Waals surface area contributed by atoms with Crippen LogP contribution in [0.2, 0.25) is 0 Å².